The molecule has 4 nitrogen and oxygen atoms in total. The number of benzene rings is 2. The molecule has 1 heterocycles. The van der Waals surface area contributed by atoms with E-state index >= 15 is 0 Å². The van der Waals surface area contributed by atoms with Gasteiger partial charge in [0.05, 0.1) is 18.3 Å². The van der Waals surface area contributed by atoms with Crippen molar-refractivity contribution in [1.82, 2.24) is 0 Å². The van der Waals surface area contributed by atoms with Gasteiger partial charge in [0.2, 0.25) is 0 Å². The summed E-state index contributed by atoms with van der Waals surface area (Å²) in [6.45, 7) is -0.811. The smallest absolute Gasteiger partial charge is 0.416 e. The number of rotatable bonds is 4. The van der Waals surface area contributed by atoms with E-state index in [2.05, 4.69) is 0 Å². The Hall–Kier alpha value is -3.07. The van der Waals surface area contributed by atoms with Crippen LogP contribution in [-0.2, 0) is 0 Å². The number of hydrogen-bond acceptors (Lipinski definition) is 4. The third-order valence-electron chi connectivity index (χ3n) is 5.60. The Bertz CT molecular complexity index is 1050. The molecule has 0 bridgehead atoms. The number of para-hydroxylation sites is 1. The fourth-order valence-electron chi connectivity index (χ4n) is 4.11. The number of β-amino-alcohol motifs (C(OH)–C–C–N with tert-alkyl or cyclic N) is 1. The highest BCUT2D eigenvalue weighted by atomic mass is 19.4. The molecule has 0 radical (unpaired) electrons. The molecule has 2 N–H and O–H groups in total. The number of aliphatic hydroxyl groups is 2. The molecule has 1 aliphatic carbocycles. The van der Waals surface area contributed by atoms with Gasteiger partial charge < -0.3 is 19.8 Å². The van der Waals surface area contributed by atoms with E-state index in [0.29, 0.717) is 12.0 Å². The van der Waals surface area contributed by atoms with E-state index in [1.54, 1.807) is 18.2 Å². The van der Waals surface area contributed by atoms with Crippen LogP contribution in [0, 0.1) is 17.6 Å². The first kappa shape index (κ1) is 22.1. The van der Waals surface area contributed by atoms with Crippen molar-refractivity contribution < 1.29 is 36.9 Å². The van der Waals surface area contributed by atoms with Crippen molar-refractivity contribution in [3.8, 4) is 16.9 Å². The molecule has 4 rings (SSSR count). The second kappa shape index (κ2) is 8.46. The molecule has 0 aromatic heterocycles. The first-order chi connectivity index (χ1) is 15.1. The van der Waals surface area contributed by atoms with E-state index in [-0.39, 0.29) is 35.3 Å². The molecule has 3 atom stereocenters. The topological polar surface area (TPSA) is 52.9 Å². The lowest BCUT2D eigenvalue weighted by atomic mass is 9.89. The maximum atomic E-state index is 13.8. The summed E-state index contributed by atoms with van der Waals surface area (Å²) in [7, 11) is 0. The highest BCUT2D eigenvalue weighted by molar-refractivity contribution is 5.80. The number of anilines is 1. The highest BCUT2D eigenvalue weighted by Gasteiger charge is 2.43. The van der Waals surface area contributed by atoms with Crippen LogP contribution in [0.2, 0.25) is 0 Å². The summed E-state index contributed by atoms with van der Waals surface area (Å²) in [6.07, 6.45) is -2.25. The molecule has 170 valence electrons. The second-order valence-corrected chi connectivity index (χ2v) is 7.79. The van der Waals surface area contributed by atoms with Gasteiger partial charge in [0.1, 0.15) is 24.0 Å². The first-order valence-electron chi connectivity index (χ1n) is 9.94. The quantitative estimate of drug-likeness (QED) is 0.630. The van der Waals surface area contributed by atoms with E-state index < -0.39 is 36.5 Å². The predicted octanol–water partition coefficient (Wildman–Crippen LogP) is 5.14. The largest absolute Gasteiger partial charge is 0.508 e. The molecular formula is C23H20F5NO3. The van der Waals surface area contributed by atoms with Crippen molar-refractivity contribution in [3.63, 3.8) is 0 Å². The van der Waals surface area contributed by atoms with Crippen LogP contribution in [0.3, 0.4) is 0 Å². The normalized spacial score (nSPS) is 21.6. The van der Waals surface area contributed by atoms with Crippen LogP contribution in [0.4, 0.5) is 27.6 Å². The molecule has 0 saturated heterocycles. The Morgan fingerprint density at radius 1 is 1.12 bits per heavy atom. The molecule has 2 unspecified atom stereocenters. The standard InChI is InChI=1S/C23H20F5NO3/c24-15-7-14(8-16(25)10-15)18-5-2-6-19-22(18)32-12-20(13-3-1-4-17(30)9-13)29(19)11-21(31)23(26,27)28/h1-2,4-10,13,20-21,30-31H,3,11-12H2/t13?,20-,21?/m1/s1. The van der Waals surface area contributed by atoms with Crippen molar-refractivity contribution in [3.05, 3.63) is 72.0 Å². The number of halogens is 5. The van der Waals surface area contributed by atoms with Gasteiger partial charge in [-0.1, -0.05) is 18.2 Å². The van der Waals surface area contributed by atoms with Crippen LogP contribution in [-0.4, -0.2) is 41.7 Å². The van der Waals surface area contributed by atoms with Crippen LogP contribution in [0.1, 0.15) is 6.42 Å². The van der Waals surface area contributed by atoms with E-state index in [9.17, 15) is 32.2 Å². The van der Waals surface area contributed by atoms with Gasteiger partial charge in [-0.25, -0.2) is 8.78 Å². The van der Waals surface area contributed by atoms with Crippen LogP contribution >= 0.6 is 0 Å². The zero-order valence-corrected chi connectivity index (χ0v) is 16.7. The van der Waals surface area contributed by atoms with Gasteiger partial charge in [0.15, 0.2) is 11.9 Å². The number of nitrogens with zero attached hydrogens (tertiary/aromatic N) is 1. The lowest BCUT2D eigenvalue weighted by Crippen LogP contribution is -2.52. The molecule has 0 amide bonds. The van der Waals surface area contributed by atoms with E-state index in [1.165, 1.54) is 23.1 Å². The fourth-order valence-corrected chi connectivity index (χ4v) is 4.11. The van der Waals surface area contributed by atoms with Gasteiger partial charge >= 0.3 is 6.18 Å². The van der Waals surface area contributed by atoms with Crippen molar-refractivity contribution in [2.24, 2.45) is 5.92 Å². The number of allylic oxidation sites excluding steroid dienone is 2. The fraction of sp³-hybridized carbons (Fsp3) is 0.304. The monoisotopic (exact) mass is 453 g/mol. The zero-order chi connectivity index (χ0) is 23.0. The Labute approximate surface area is 180 Å². The lowest BCUT2D eigenvalue weighted by Gasteiger charge is -2.43. The summed E-state index contributed by atoms with van der Waals surface area (Å²) in [5.41, 5.74) is 0.745. The summed E-state index contributed by atoms with van der Waals surface area (Å²) in [4.78, 5) is 1.39. The maximum absolute atomic E-state index is 13.8. The van der Waals surface area contributed by atoms with E-state index in [4.69, 9.17) is 4.74 Å². The minimum Gasteiger partial charge on any atom is -0.508 e. The molecule has 9 heteroatoms. The number of aliphatic hydroxyl groups excluding tert-OH is 2. The number of fused-ring (bicyclic) bond motifs is 1. The van der Waals surface area contributed by atoms with Crippen molar-refractivity contribution in [2.45, 2.75) is 24.7 Å². The number of ether oxygens (including phenoxy) is 1. The average molecular weight is 453 g/mol. The third-order valence-corrected chi connectivity index (χ3v) is 5.60. The van der Waals surface area contributed by atoms with Crippen LogP contribution < -0.4 is 9.64 Å². The third kappa shape index (κ3) is 4.43. The predicted molar refractivity (Wildman–Crippen MR) is 108 cm³/mol. The Morgan fingerprint density at radius 3 is 2.50 bits per heavy atom. The number of hydrogen-bond donors (Lipinski definition) is 2. The SMILES string of the molecule is OC1=CC([C@H]2COc3c(-c4cc(F)cc(F)c4)cccc3N2CC(O)C(F)(F)F)CC=C1. The summed E-state index contributed by atoms with van der Waals surface area (Å²) in [6, 6.07) is 6.95. The Kier molecular flexibility index (Phi) is 5.85. The molecule has 1 aliphatic heterocycles. The molecule has 0 fully saturated rings. The first-order valence-corrected chi connectivity index (χ1v) is 9.94. The van der Waals surface area contributed by atoms with E-state index in [1.807, 2.05) is 0 Å². The second-order valence-electron chi connectivity index (χ2n) is 7.79. The molecule has 0 spiro atoms. The van der Waals surface area contributed by atoms with Crippen molar-refractivity contribution in [1.29, 1.82) is 0 Å². The molecule has 2 aromatic rings. The molecule has 2 aliphatic rings. The Morgan fingerprint density at radius 2 is 1.84 bits per heavy atom. The van der Waals surface area contributed by atoms with Crippen molar-refractivity contribution in [2.75, 3.05) is 18.1 Å². The molecular weight excluding hydrogens is 433 g/mol. The summed E-state index contributed by atoms with van der Waals surface area (Å²) >= 11 is 0. The maximum Gasteiger partial charge on any atom is 0.416 e. The van der Waals surface area contributed by atoms with Gasteiger partial charge in [-0.15, -0.1) is 0 Å². The molecule has 2 aromatic carbocycles. The van der Waals surface area contributed by atoms with Crippen LogP contribution in [0.5, 0.6) is 5.75 Å². The minimum atomic E-state index is -4.84. The zero-order valence-electron chi connectivity index (χ0n) is 16.7. The summed E-state index contributed by atoms with van der Waals surface area (Å²) in [5.74, 6) is -1.81. The van der Waals surface area contributed by atoms with Gasteiger partial charge in [0, 0.05) is 17.5 Å². The van der Waals surface area contributed by atoms with Gasteiger partial charge in [0.25, 0.3) is 0 Å². The highest BCUT2D eigenvalue weighted by Crippen LogP contribution is 2.44. The Balaban J connectivity index is 1.78. The summed E-state index contributed by atoms with van der Waals surface area (Å²) < 4.78 is 73.0. The van der Waals surface area contributed by atoms with E-state index in [0.717, 1.165) is 18.2 Å². The molecule has 0 saturated carbocycles. The average Bonchev–Trinajstić information content (AvgIpc) is 2.72. The molecule has 32 heavy (non-hydrogen) atoms. The summed E-state index contributed by atoms with van der Waals surface area (Å²) in [5, 5.41) is 19.7. The number of alkyl halides is 3. The van der Waals surface area contributed by atoms with Crippen LogP contribution in [0.25, 0.3) is 11.1 Å². The van der Waals surface area contributed by atoms with Crippen LogP contribution in [0.15, 0.2) is 60.4 Å². The lowest BCUT2D eigenvalue weighted by molar-refractivity contribution is -0.200. The van der Waals surface area contributed by atoms with Gasteiger partial charge in [-0.2, -0.15) is 13.2 Å². The van der Waals surface area contributed by atoms with Gasteiger partial charge in [-0.05, 0) is 42.3 Å². The minimum absolute atomic E-state index is 0.00708. The van der Waals surface area contributed by atoms with Gasteiger partial charge in [-0.3, -0.25) is 0 Å². The van der Waals surface area contributed by atoms with Crippen molar-refractivity contribution >= 4 is 5.69 Å².